The lowest BCUT2D eigenvalue weighted by Crippen LogP contribution is -2.53. The van der Waals surface area contributed by atoms with Crippen molar-refractivity contribution >= 4 is 10.2 Å². The van der Waals surface area contributed by atoms with E-state index < -0.39 is 10.2 Å². The van der Waals surface area contributed by atoms with Crippen molar-refractivity contribution in [3.05, 3.63) is 12.2 Å². The predicted molar refractivity (Wildman–Crippen MR) is 81.7 cm³/mol. The highest BCUT2D eigenvalue weighted by Crippen LogP contribution is 2.24. The van der Waals surface area contributed by atoms with Crippen LogP contribution in [0.15, 0.2) is 12.2 Å². The van der Waals surface area contributed by atoms with Gasteiger partial charge in [-0.05, 0) is 32.6 Å². The molecule has 0 radical (unpaired) electrons. The summed E-state index contributed by atoms with van der Waals surface area (Å²) in [6, 6.07) is 0.719. The first-order valence-electron chi connectivity index (χ1n) is 7.52. The van der Waals surface area contributed by atoms with Gasteiger partial charge in [0, 0.05) is 38.8 Å². The third-order valence-electron chi connectivity index (χ3n) is 3.98. The maximum absolute atomic E-state index is 12.7. The maximum atomic E-state index is 12.7. The average molecular weight is 301 g/mol. The highest BCUT2D eigenvalue weighted by Gasteiger charge is 2.35. The molecule has 1 atom stereocenters. The molecule has 0 aromatic carbocycles. The molecule has 2 fully saturated rings. The van der Waals surface area contributed by atoms with Crippen LogP contribution in [0.5, 0.6) is 0 Å². The van der Waals surface area contributed by atoms with Crippen LogP contribution in [-0.4, -0.2) is 55.8 Å². The van der Waals surface area contributed by atoms with Gasteiger partial charge in [0.2, 0.25) is 0 Å². The quantitative estimate of drug-likeness (QED) is 0.722. The van der Waals surface area contributed by atoms with Crippen LogP contribution in [0.1, 0.15) is 39.0 Å². The van der Waals surface area contributed by atoms with Gasteiger partial charge in [-0.25, -0.2) is 0 Å². The molecular weight excluding hydrogens is 274 g/mol. The summed E-state index contributed by atoms with van der Waals surface area (Å²) in [4.78, 5) is 0. The molecule has 0 spiro atoms. The summed E-state index contributed by atoms with van der Waals surface area (Å²) in [5, 5.41) is 3.47. The van der Waals surface area contributed by atoms with E-state index in [1.807, 2.05) is 6.92 Å². The summed E-state index contributed by atoms with van der Waals surface area (Å²) >= 11 is 0. The molecule has 1 aliphatic carbocycles. The summed E-state index contributed by atoms with van der Waals surface area (Å²) in [5.41, 5.74) is 0.862. The Kier molecular flexibility index (Phi) is 5.23. The Morgan fingerprint density at radius 1 is 1.35 bits per heavy atom. The summed E-state index contributed by atoms with van der Waals surface area (Å²) in [5.74, 6) is 0. The zero-order chi connectivity index (χ0) is 14.8. The summed E-state index contributed by atoms with van der Waals surface area (Å²) in [6.45, 7) is 7.47. The number of nitrogens with one attached hydrogen (secondary N) is 1. The van der Waals surface area contributed by atoms with E-state index in [0.717, 1.165) is 31.4 Å². The van der Waals surface area contributed by atoms with Crippen LogP contribution in [0.25, 0.3) is 0 Å². The van der Waals surface area contributed by atoms with Crippen LogP contribution in [0.4, 0.5) is 0 Å². The van der Waals surface area contributed by atoms with Gasteiger partial charge < -0.3 is 5.32 Å². The Labute approximate surface area is 123 Å². The van der Waals surface area contributed by atoms with Crippen molar-refractivity contribution in [2.75, 3.05) is 26.7 Å². The van der Waals surface area contributed by atoms with Crippen LogP contribution >= 0.6 is 0 Å². The van der Waals surface area contributed by atoms with E-state index in [9.17, 15) is 8.42 Å². The van der Waals surface area contributed by atoms with E-state index >= 15 is 0 Å². The molecule has 2 rings (SSSR count). The molecule has 0 aromatic rings. The fraction of sp³-hybridized carbons (Fsp3) is 0.857. The van der Waals surface area contributed by atoms with E-state index in [-0.39, 0.29) is 6.04 Å². The molecule has 5 nitrogen and oxygen atoms in total. The molecule has 1 heterocycles. The molecule has 1 aliphatic heterocycles. The minimum absolute atomic E-state index is 0.0990. The number of rotatable bonds is 7. The molecular formula is C14H27N3O2S. The number of piperidine rings is 1. The van der Waals surface area contributed by atoms with E-state index in [2.05, 4.69) is 11.9 Å². The van der Waals surface area contributed by atoms with Gasteiger partial charge in [-0.1, -0.05) is 18.6 Å². The zero-order valence-electron chi connectivity index (χ0n) is 12.6. The van der Waals surface area contributed by atoms with Gasteiger partial charge in [0.25, 0.3) is 10.2 Å². The molecule has 1 N–H and O–H groups in total. The van der Waals surface area contributed by atoms with Crippen LogP contribution in [0.3, 0.4) is 0 Å². The van der Waals surface area contributed by atoms with Gasteiger partial charge in [-0.3, -0.25) is 0 Å². The largest absolute Gasteiger partial charge is 0.312 e. The fourth-order valence-electron chi connectivity index (χ4n) is 2.71. The third-order valence-corrected chi connectivity index (χ3v) is 5.97. The van der Waals surface area contributed by atoms with Gasteiger partial charge >= 0.3 is 0 Å². The minimum Gasteiger partial charge on any atom is -0.312 e. The first kappa shape index (κ1) is 15.9. The number of hydrogen-bond donors (Lipinski definition) is 1. The van der Waals surface area contributed by atoms with Crippen molar-refractivity contribution in [2.24, 2.45) is 0 Å². The van der Waals surface area contributed by atoms with Gasteiger partial charge in [0.1, 0.15) is 0 Å². The van der Waals surface area contributed by atoms with Crippen molar-refractivity contribution < 1.29 is 8.42 Å². The van der Waals surface area contributed by atoms with Crippen LogP contribution in [0, 0.1) is 0 Å². The normalized spacial score (nSPS) is 25.1. The minimum atomic E-state index is -3.37. The van der Waals surface area contributed by atoms with Gasteiger partial charge in [0.15, 0.2) is 0 Å². The number of likely N-dealkylation sites (N-methyl/N-ethyl adjacent to an activating group) is 1. The summed E-state index contributed by atoms with van der Waals surface area (Å²) in [6.07, 6.45) is 5.50. The molecule has 116 valence electrons. The van der Waals surface area contributed by atoms with Crippen LogP contribution < -0.4 is 5.32 Å². The van der Waals surface area contributed by atoms with Crippen LogP contribution in [-0.2, 0) is 10.2 Å². The zero-order valence-corrected chi connectivity index (χ0v) is 13.5. The second kappa shape index (κ2) is 6.56. The lowest BCUT2D eigenvalue weighted by atomic mass is 10.1. The molecule has 0 bridgehead atoms. The summed E-state index contributed by atoms with van der Waals surface area (Å²) in [7, 11) is -1.73. The lowest BCUT2D eigenvalue weighted by molar-refractivity contribution is 0.231. The van der Waals surface area contributed by atoms with Gasteiger partial charge in [0.05, 0.1) is 0 Å². The number of nitrogens with zero attached hydrogens (tertiary/aromatic N) is 2. The predicted octanol–water partition coefficient (Wildman–Crippen LogP) is 1.35. The third kappa shape index (κ3) is 4.04. The van der Waals surface area contributed by atoms with E-state index in [1.165, 1.54) is 17.1 Å². The summed E-state index contributed by atoms with van der Waals surface area (Å²) < 4.78 is 28.5. The lowest BCUT2D eigenvalue weighted by Gasteiger charge is -2.37. The SMILES string of the molecule is C=C(C)CN(C)S(=O)(=O)N1CCCCC1CNC1CC1. The molecule has 1 saturated carbocycles. The molecule has 20 heavy (non-hydrogen) atoms. The molecule has 0 aromatic heterocycles. The van der Waals surface area contributed by atoms with Crippen molar-refractivity contribution in [1.82, 2.24) is 13.9 Å². The Morgan fingerprint density at radius 3 is 2.65 bits per heavy atom. The molecule has 1 unspecified atom stereocenters. The average Bonchev–Trinajstić information content (AvgIpc) is 3.20. The van der Waals surface area contributed by atoms with E-state index in [1.54, 1.807) is 11.4 Å². The Hall–Kier alpha value is -0.430. The fourth-order valence-corrected chi connectivity index (χ4v) is 4.37. The van der Waals surface area contributed by atoms with Gasteiger partial charge in [-0.15, -0.1) is 0 Å². The van der Waals surface area contributed by atoms with Crippen molar-refractivity contribution in [1.29, 1.82) is 0 Å². The second-order valence-corrected chi connectivity index (χ2v) is 8.15. The smallest absolute Gasteiger partial charge is 0.282 e. The maximum Gasteiger partial charge on any atom is 0.282 e. The second-order valence-electron chi connectivity index (χ2n) is 6.16. The monoisotopic (exact) mass is 301 g/mol. The first-order chi connectivity index (χ1) is 9.41. The Bertz CT molecular complexity index is 445. The topological polar surface area (TPSA) is 52.7 Å². The first-order valence-corrected chi connectivity index (χ1v) is 8.92. The molecule has 0 amide bonds. The molecule has 6 heteroatoms. The Morgan fingerprint density at radius 2 is 2.05 bits per heavy atom. The highest BCUT2D eigenvalue weighted by atomic mass is 32.2. The van der Waals surface area contributed by atoms with Crippen molar-refractivity contribution in [2.45, 2.75) is 51.1 Å². The van der Waals surface area contributed by atoms with E-state index in [0.29, 0.717) is 19.1 Å². The molecule has 2 aliphatic rings. The number of hydrogen-bond acceptors (Lipinski definition) is 3. The van der Waals surface area contributed by atoms with Crippen LogP contribution in [0.2, 0.25) is 0 Å². The molecule has 1 saturated heterocycles. The van der Waals surface area contributed by atoms with Gasteiger partial charge in [-0.2, -0.15) is 17.0 Å². The Balaban J connectivity index is 2.02. The van der Waals surface area contributed by atoms with Crippen molar-refractivity contribution in [3.63, 3.8) is 0 Å². The van der Waals surface area contributed by atoms with Crippen molar-refractivity contribution in [3.8, 4) is 0 Å². The van der Waals surface area contributed by atoms with E-state index in [4.69, 9.17) is 0 Å². The standard InChI is InChI=1S/C14H27N3O2S/c1-12(2)11-16(3)20(18,19)17-9-5-4-6-14(17)10-15-13-7-8-13/h13-15H,1,4-11H2,2-3H3. The highest BCUT2D eigenvalue weighted by molar-refractivity contribution is 7.86.